The van der Waals surface area contributed by atoms with Crippen LogP contribution in [0.3, 0.4) is 0 Å². The Morgan fingerprint density at radius 3 is 2.95 bits per heavy atom. The molecule has 0 aromatic carbocycles. The molecule has 0 bridgehead atoms. The van der Waals surface area contributed by atoms with Gasteiger partial charge in [-0.1, -0.05) is 6.92 Å². The van der Waals surface area contributed by atoms with Gasteiger partial charge in [0, 0.05) is 18.7 Å². The van der Waals surface area contributed by atoms with Crippen molar-refractivity contribution in [2.75, 3.05) is 24.6 Å². The Balaban J connectivity index is 2.23. The third kappa shape index (κ3) is 2.84. The smallest absolute Gasteiger partial charge is 0.290 e. The highest BCUT2D eigenvalue weighted by Crippen LogP contribution is 2.27. The first-order valence-corrected chi connectivity index (χ1v) is 6.45. The monoisotopic (exact) mass is 265 g/mol. The Morgan fingerprint density at radius 2 is 2.37 bits per heavy atom. The van der Waals surface area contributed by atoms with Gasteiger partial charge in [0.15, 0.2) is 0 Å². The fourth-order valence-electron chi connectivity index (χ4n) is 2.24. The van der Waals surface area contributed by atoms with E-state index in [0.717, 1.165) is 25.3 Å². The lowest BCUT2D eigenvalue weighted by molar-refractivity contribution is -0.385. The van der Waals surface area contributed by atoms with Crippen molar-refractivity contribution in [2.45, 2.75) is 32.8 Å². The van der Waals surface area contributed by atoms with E-state index in [1.54, 1.807) is 13.0 Å². The molecule has 1 saturated heterocycles. The van der Waals surface area contributed by atoms with Crippen LogP contribution in [0.15, 0.2) is 12.3 Å². The summed E-state index contributed by atoms with van der Waals surface area (Å²) in [6.45, 7) is 8.09. The molecule has 0 saturated carbocycles. The number of pyridine rings is 1. The van der Waals surface area contributed by atoms with Crippen molar-refractivity contribution in [2.24, 2.45) is 0 Å². The standard InChI is InChI=1S/C13H19N3O3/c1-4-13(3)9-15(5-6-19-13)12-7-10(2)11(8-14-12)16(17)18/h7-8H,4-6,9H2,1-3H3. The van der Waals surface area contributed by atoms with Crippen LogP contribution in [-0.4, -0.2) is 35.2 Å². The predicted octanol–water partition coefficient (Wildman–Crippen LogP) is 2.30. The molecule has 1 aliphatic heterocycles. The van der Waals surface area contributed by atoms with Crippen molar-refractivity contribution in [3.05, 3.63) is 27.9 Å². The Morgan fingerprint density at radius 1 is 1.63 bits per heavy atom. The molecule has 2 heterocycles. The molecule has 1 aliphatic rings. The number of hydrogen-bond acceptors (Lipinski definition) is 5. The van der Waals surface area contributed by atoms with Crippen molar-refractivity contribution in [1.82, 2.24) is 4.98 Å². The Kier molecular flexibility index (Phi) is 3.71. The van der Waals surface area contributed by atoms with E-state index in [4.69, 9.17) is 4.74 Å². The van der Waals surface area contributed by atoms with E-state index in [2.05, 4.69) is 23.7 Å². The highest BCUT2D eigenvalue weighted by molar-refractivity contribution is 5.49. The van der Waals surface area contributed by atoms with Crippen LogP contribution >= 0.6 is 0 Å². The third-order valence-corrected chi connectivity index (χ3v) is 3.67. The first-order valence-electron chi connectivity index (χ1n) is 6.45. The van der Waals surface area contributed by atoms with Crippen LogP contribution in [0.1, 0.15) is 25.8 Å². The van der Waals surface area contributed by atoms with E-state index < -0.39 is 4.92 Å². The minimum absolute atomic E-state index is 0.0651. The Bertz CT molecular complexity index is 492. The molecule has 104 valence electrons. The number of morpholine rings is 1. The molecule has 0 radical (unpaired) electrons. The summed E-state index contributed by atoms with van der Waals surface area (Å²) in [5.74, 6) is 0.783. The number of aromatic nitrogens is 1. The lowest BCUT2D eigenvalue weighted by atomic mass is 10.0. The summed E-state index contributed by atoms with van der Waals surface area (Å²) < 4.78 is 5.78. The maximum absolute atomic E-state index is 10.8. The summed E-state index contributed by atoms with van der Waals surface area (Å²) in [6.07, 6.45) is 2.26. The summed E-state index contributed by atoms with van der Waals surface area (Å²) in [6, 6.07) is 1.78. The summed E-state index contributed by atoms with van der Waals surface area (Å²) in [7, 11) is 0. The predicted molar refractivity (Wildman–Crippen MR) is 72.5 cm³/mol. The van der Waals surface area contributed by atoms with Gasteiger partial charge in [0.2, 0.25) is 0 Å². The topological polar surface area (TPSA) is 68.5 Å². The van der Waals surface area contributed by atoms with Gasteiger partial charge in [0.05, 0.1) is 17.1 Å². The molecule has 0 amide bonds. The number of nitro groups is 1. The number of aryl methyl sites for hydroxylation is 1. The average Bonchev–Trinajstić information content (AvgIpc) is 2.38. The summed E-state index contributed by atoms with van der Waals surface area (Å²) >= 11 is 0. The zero-order chi connectivity index (χ0) is 14.0. The molecule has 0 aliphatic carbocycles. The fraction of sp³-hybridized carbons (Fsp3) is 0.615. The lowest BCUT2D eigenvalue weighted by Crippen LogP contribution is -2.50. The van der Waals surface area contributed by atoms with Crippen LogP contribution in [-0.2, 0) is 4.74 Å². The molecule has 0 spiro atoms. The lowest BCUT2D eigenvalue weighted by Gasteiger charge is -2.40. The van der Waals surface area contributed by atoms with Crippen LogP contribution in [0.5, 0.6) is 0 Å². The van der Waals surface area contributed by atoms with Gasteiger partial charge in [-0.2, -0.15) is 0 Å². The molecule has 6 nitrogen and oxygen atoms in total. The van der Waals surface area contributed by atoms with Crippen LogP contribution in [0.25, 0.3) is 0 Å². The Hall–Kier alpha value is -1.69. The molecule has 2 rings (SSSR count). The molecule has 1 fully saturated rings. The second kappa shape index (κ2) is 5.13. The molecule has 0 N–H and O–H groups in total. The van der Waals surface area contributed by atoms with Gasteiger partial charge in [-0.25, -0.2) is 4.98 Å². The zero-order valence-electron chi connectivity index (χ0n) is 11.5. The van der Waals surface area contributed by atoms with E-state index in [1.807, 2.05) is 0 Å². The average molecular weight is 265 g/mol. The normalized spacial score (nSPS) is 23.4. The van der Waals surface area contributed by atoms with Crippen LogP contribution in [0.4, 0.5) is 11.5 Å². The largest absolute Gasteiger partial charge is 0.372 e. The van der Waals surface area contributed by atoms with Crippen LogP contribution < -0.4 is 4.90 Å². The number of hydrogen-bond donors (Lipinski definition) is 0. The molecule has 6 heteroatoms. The maximum atomic E-state index is 10.8. The number of ether oxygens (including phenoxy) is 1. The molecule has 1 unspecified atom stereocenters. The summed E-state index contributed by atoms with van der Waals surface area (Å²) in [5.41, 5.74) is 0.533. The SMILES string of the molecule is CCC1(C)CN(c2cc(C)c([N+](=O)[O-])cn2)CCO1. The third-order valence-electron chi connectivity index (χ3n) is 3.67. The number of rotatable bonds is 3. The molecular weight excluding hydrogens is 246 g/mol. The molecule has 19 heavy (non-hydrogen) atoms. The minimum atomic E-state index is -0.401. The first-order chi connectivity index (χ1) is 8.95. The van der Waals surface area contributed by atoms with E-state index in [9.17, 15) is 10.1 Å². The summed E-state index contributed by atoms with van der Waals surface area (Å²) in [5, 5.41) is 10.8. The van der Waals surface area contributed by atoms with Crippen LogP contribution in [0.2, 0.25) is 0 Å². The highest BCUT2D eigenvalue weighted by atomic mass is 16.6. The highest BCUT2D eigenvalue weighted by Gasteiger charge is 2.31. The zero-order valence-corrected chi connectivity index (χ0v) is 11.5. The van der Waals surface area contributed by atoms with Crippen molar-refractivity contribution in [1.29, 1.82) is 0 Å². The minimum Gasteiger partial charge on any atom is -0.372 e. The van der Waals surface area contributed by atoms with Crippen LogP contribution in [0, 0.1) is 17.0 Å². The Labute approximate surface area is 112 Å². The number of nitrogens with zero attached hydrogens (tertiary/aromatic N) is 3. The molecule has 1 aromatic rings. The van der Waals surface area contributed by atoms with Gasteiger partial charge < -0.3 is 9.64 Å². The van der Waals surface area contributed by atoms with Gasteiger partial charge in [0.25, 0.3) is 5.69 Å². The van der Waals surface area contributed by atoms with Crippen molar-refractivity contribution in [3.8, 4) is 0 Å². The van der Waals surface area contributed by atoms with E-state index in [-0.39, 0.29) is 11.3 Å². The van der Waals surface area contributed by atoms with Gasteiger partial charge >= 0.3 is 0 Å². The maximum Gasteiger partial charge on any atom is 0.290 e. The van der Waals surface area contributed by atoms with E-state index in [1.165, 1.54) is 6.20 Å². The van der Waals surface area contributed by atoms with Gasteiger partial charge in [0.1, 0.15) is 12.0 Å². The quantitative estimate of drug-likeness (QED) is 0.619. The van der Waals surface area contributed by atoms with Crippen molar-refractivity contribution in [3.63, 3.8) is 0 Å². The van der Waals surface area contributed by atoms with E-state index in [0.29, 0.717) is 12.2 Å². The number of anilines is 1. The summed E-state index contributed by atoms with van der Waals surface area (Å²) in [4.78, 5) is 16.7. The second-order valence-electron chi connectivity index (χ2n) is 5.16. The van der Waals surface area contributed by atoms with Crippen molar-refractivity contribution < 1.29 is 9.66 Å². The molecule has 1 aromatic heterocycles. The van der Waals surface area contributed by atoms with Gasteiger partial charge in [-0.05, 0) is 26.3 Å². The molecular formula is C13H19N3O3. The van der Waals surface area contributed by atoms with E-state index >= 15 is 0 Å². The van der Waals surface area contributed by atoms with Gasteiger partial charge in [-0.3, -0.25) is 10.1 Å². The van der Waals surface area contributed by atoms with Crippen molar-refractivity contribution >= 4 is 11.5 Å². The first kappa shape index (κ1) is 13.7. The molecule has 1 atom stereocenters. The van der Waals surface area contributed by atoms with Gasteiger partial charge in [-0.15, -0.1) is 0 Å². The second-order valence-corrected chi connectivity index (χ2v) is 5.16. The fourth-order valence-corrected chi connectivity index (χ4v) is 2.24.